The van der Waals surface area contributed by atoms with Crippen molar-refractivity contribution in [1.29, 1.82) is 5.26 Å². The Morgan fingerprint density at radius 3 is 2.32 bits per heavy atom. The van der Waals surface area contributed by atoms with E-state index in [2.05, 4.69) is 15.6 Å². The van der Waals surface area contributed by atoms with Gasteiger partial charge in [-0.15, -0.1) is 0 Å². The van der Waals surface area contributed by atoms with Crippen LogP contribution >= 0.6 is 0 Å². The molecule has 2 amide bonds. The number of nitriles is 1. The highest BCUT2D eigenvalue weighted by Crippen LogP contribution is 2.13. The molecule has 0 fully saturated rings. The summed E-state index contributed by atoms with van der Waals surface area (Å²) in [6, 6.07) is 22.7. The van der Waals surface area contributed by atoms with Crippen LogP contribution in [0.2, 0.25) is 0 Å². The van der Waals surface area contributed by atoms with Crippen LogP contribution in [0.15, 0.2) is 72.8 Å². The van der Waals surface area contributed by atoms with Crippen molar-refractivity contribution in [3.05, 3.63) is 95.3 Å². The van der Waals surface area contributed by atoms with E-state index in [1.165, 1.54) is 6.07 Å². The second kappa shape index (κ2) is 8.60. The van der Waals surface area contributed by atoms with E-state index in [1.807, 2.05) is 43.3 Å². The summed E-state index contributed by atoms with van der Waals surface area (Å²) in [4.78, 5) is 29.1. The Balaban J connectivity index is 1.71. The maximum absolute atomic E-state index is 12.5. The summed E-state index contributed by atoms with van der Waals surface area (Å²) in [7, 11) is 0. The highest BCUT2D eigenvalue weighted by atomic mass is 16.2. The highest BCUT2D eigenvalue weighted by molar-refractivity contribution is 6.04. The van der Waals surface area contributed by atoms with Gasteiger partial charge in [-0.05, 0) is 42.8 Å². The van der Waals surface area contributed by atoms with E-state index in [-0.39, 0.29) is 23.3 Å². The molecule has 0 saturated heterocycles. The Hall–Kier alpha value is -3.98. The normalized spacial score (nSPS) is 11.1. The highest BCUT2D eigenvalue weighted by Gasteiger charge is 2.15. The molecule has 0 saturated carbocycles. The van der Waals surface area contributed by atoms with Crippen LogP contribution in [-0.4, -0.2) is 16.8 Å². The van der Waals surface area contributed by atoms with E-state index in [0.29, 0.717) is 11.3 Å². The van der Waals surface area contributed by atoms with Gasteiger partial charge in [0.2, 0.25) is 0 Å². The largest absolute Gasteiger partial charge is 0.344 e. The van der Waals surface area contributed by atoms with Crippen molar-refractivity contribution in [3.63, 3.8) is 0 Å². The van der Waals surface area contributed by atoms with Gasteiger partial charge < -0.3 is 10.6 Å². The molecule has 6 nitrogen and oxygen atoms in total. The van der Waals surface area contributed by atoms with Crippen LogP contribution < -0.4 is 10.6 Å². The zero-order chi connectivity index (χ0) is 19.9. The first-order valence-electron chi connectivity index (χ1n) is 8.71. The Morgan fingerprint density at radius 2 is 1.61 bits per heavy atom. The Kier molecular flexibility index (Phi) is 5.78. The SMILES string of the molecule is CC(NC(=O)c1cccc(C(=O)Nc2cccc(C#N)c2)n1)c1ccccc1. The second-order valence-electron chi connectivity index (χ2n) is 6.16. The number of pyridine rings is 1. The van der Waals surface area contributed by atoms with Crippen LogP contribution in [-0.2, 0) is 0 Å². The standard InChI is InChI=1S/C22H18N4O2/c1-15(17-8-3-2-4-9-17)24-21(27)19-11-6-12-20(26-19)22(28)25-18-10-5-7-16(13-18)14-23/h2-13,15H,1H3,(H,24,27)(H,25,28). The lowest BCUT2D eigenvalue weighted by Gasteiger charge is -2.14. The number of anilines is 1. The number of carbonyl (C=O) groups is 2. The van der Waals surface area contributed by atoms with Crippen LogP contribution in [0.4, 0.5) is 5.69 Å². The first kappa shape index (κ1) is 18.8. The Labute approximate surface area is 162 Å². The molecule has 0 bridgehead atoms. The van der Waals surface area contributed by atoms with Crippen molar-refractivity contribution in [2.24, 2.45) is 0 Å². The maximum atomic E-state index is 12.5. The van der Waals surface area contributed by atoms with Crippen molar-refractivity contribution in [1.82, 2.24) is 10.3 Å². The van der Waals surface area contributed by atoms with Crippen molar-refractivity contribution in [3.8, 4) is 6.07 Å². The summed E-state index contributed by atoms with van der Waals surface area (Å²) in [5.74, 6) is -0.821. The second-order valence-corrected chi connectivity index (χ2v) is 6.16. The van der Waals surface area contributed by atoms with Gasteiger partial charge in [0, 0.05) is 5.69 Å². The number of nitrogens with one attached hydrogen (secondary N) is 2. The van der Waals surface area contributed by atoms with E-state index in [9.17, 15) is 9.59 Å². The molecule has 3 rings (SSSR count). The molecule has 1 aromatic heterocycles. The Bertz CT molecular complexity index is 1040. The van der Waals surface area contributed by atoms with Gasteiger partial charge in [-0.2, -0.15) is 5.26 Å². The van der Waals surface area contributed by atoms with Crippen LogP contribution in [0, 0.1) is 11.3 Å². The van der Waals surface area contributed by atoms with Crippen LogP contribution in [0.3, 0.4) is 0 Å². The van der Waals surface area contributed by atoms with Gasteiger partial charge in [-0.1, -0.05) is 42.5 Å². The molecule has 1 heterocycles. The third-order valence-electron chi connectivity index (χ3n) is 4.11. The summed E-state index contributed by atoms with van der Waals surface area (Å²) in [5, 5.41) is 14.5. The summed E-state index contributed by atoms with van der Waals surface area (Å²) < 4.78 is 0. The first-order valence-corrected chi connectivity index (χ1v) is 8.71. The maximum Gasteiger partial charge on any atom is 0.274 e. The minimum Gasteiger partial charge on any atom is -0.344 e. The lowest BCUT2D eigenvalue weighted by Crippen LogP contribution is -2.28. The Morgan fingerprint density at radius 1 is 0.929 bits per heavy atom. The number of benzene rings is 2. The fraction of sp³-hybridized carbons (Fsp3) is 0.0909. The van der Waals surface area contributed by atoms with Gasteiger partial charge >= 0.3 is 0 Å². The van der Waals surface area contributed by atoms with Crippen molar-refractivity contribution < 1.29 is 9.59 Å². The predicted octanol–water partition coefficient (Wildman–Crippen LogP) is 3.70. The number of aromatic nitrogens is 1. The summed E-state index contributed by atoms with van der Waals surface area (Å²) in [6.07, 6.45) is 0. The molecule has 2 aromatic carbocycles. The van der Waals surface area contributed by atoms with Crippen LogP contribution in [0.1, 0.15) is 45.1 Å². The average molecular weight is 370 g/mol. The van der Waals surface area contributed by atoms with Crippen LogP contribution in [0.25, 0.3) is 0 Å². The number of hydrogen-bond acceptors (Lipinski definition) is 4. The fourth-order valence-corrected chi connectivity index (χ4v) is 2.64. The molecule has 0 aliphatic heterocycles. The number of amides is 2. The number of carbonyl (C=O) groups excluding carboxylic acids is 2. The summed E-state index contributed by atoms with van der Waals surface area (Å²) >= 11 is 0. The molecule has 0 aliphatic carbocycles. The molecule has 0 radical (unpaired) electrons. The molecule has 0 aliphatic rings. The molecular weight excluding hydrogens is 352 g/mol. The van der Waals surface area contributed by atoms with E-state index < -0.39 is 5.91 Å². The van der Waals surface area contributed by atoms with Gasteiger partial charge in [0.1, 0.15) is 11.4 Å². The van der Waals surface area contributed by atoms with Crippen LogP contribution in [0.5, 0.6) is 0 Å². The molecule has 3 aromatic rings. The zero-order valence-corrected chi connectivity index (χ0v) is 15.2. The summed E-state index contributed by atoms with van der Waals surface area (Å²) in [6.45, 7) is 1.88. The molecule has 1 unspecified atom stereocenters. The minimum absolute atomic E-state index is 0.113. The number of nitrogens with zero attached hydrogens (tertiary/aromatic N) is 2. The minimum atomic E-state index is -0.458. The van der Waals surface area contributed by atoms with Gasteiger partial charge in [0.05, 0.1) is 17.7 Å². The molecule has 0 spiro atoms. The monoisotopic (exact) mass is 370 g/mol. The van der Waals surface area contributed by atoms with Gasteiger partial charge in [-0.25, -0.2) is 4.98 Å². The van der Waals surface area contributed by atoms with E-state index >= 15 is 0 Å². The van der Waals surface area contributed by atoms with Crippen molar-refractivity contribution in [2.45, 2.75) is 13.0 Å². The van der Waals surface area contributed by atoms with E-state index in [1.54, 1.807) is 36.4 Å². The van der Waals surface area contributed by atoms with Gasteiger partial charge in [0.25, 0.3) is 11.8 Å². The molecule has 6 heteroatoms. The average Bonchev–Trinajstić information content (AvgIpc) is 2.74. The summed E-state index contributed by atoms with van der Waals surface area (Å²) in [5.41, 5.74) is 2.16. The third-order valence-corrected chi connectivity index (χ3v) is 4.11. The topological polar surface area (TPSA) is 94.9 Å². The molecule has 138 valence electrons. The van der Waals surface area contributed by atoms with Crippen molar-refractivity contribution in [2.75, 3.05) is 5.32 Å². The number of hydrogen-bond donors (Lipinski definition) is 2. The van der Waals surface area contributed by atoms with Gasteiger partial charge in [-0.3, -0.25) is 9.59 Å². The third kappa shape index (κ3) is 4.59. The zero-order valence-electron chi connectivity index (χ0n) is 15.2. The van der Waals surface area contributed by atoms with Gasteiger partial charge in [0.15, 0.2) is 0 Å². The predicted molar refractivity (Wildman–Crippen MR) is 106 cm³/mol. The molecular formula is C22H18N4O2. The van der Waals surface area contributed by atoms with E-state index in [4.69, 9.17) is 5.26 Å². The molecule has 28 heavy (non-hydrogen) atoms. The fourth-order valence-electron chi connectivity index (χ4n) is 2.64. The lowest BCUT2D eigenvalue weighted by atomic mass is 10.1. The quantitative estimate of drug-likeness (QED) is 0.716. The van der Waals surface area contributed by atoms with E-state index in [0.717, 1.165) is 5.56 Å². The van der Waals surface area contributed by atoms with Crippen molar-refractivity contribution >= 4 is 17.5 Å². The smallest absolute Gasteiger partial charge is 0.274 e. The number of rotatable bonds is 5. The first-order chi connectivity index (χ1) is 13.6. The molecule has 1 atom stereocenters. The molecule has 2 N–H and O–H groups in total. The lowest BCUT2D eigenvalue weighted by molar-refractivity contribution is 0.0934.